The molecule has 1 N–H and O–H groups in total. The number of halogens is 1. The lowest BCUT2D eigenvalue weighted by atomic mass is 10.2. The second-order valence-electron chi connectivity index (χ2n) is 6.25. The highest BCUT2D eigenvalue weighted by atomic mass is 79.9. The molecule has 1 aliphatic heterocycles. The van der Waals surface area contributed by atoms with Crippen molar-refractivity contribution in [2.24, 2.45) is 5.92 Å². The van der Waals surface area contributed by atoms with Gasteiger partial charge in [-0.15, -0.1) is 0 Å². The van der Waals surface area contributed by atoms with Crippen molar-refractivity contribution in [3.63, 3.8) is 0 Å². The largest absolute Gasteiger partial charge is 0.340 e. The van der Waals surface area contributed by atoms with E-state index in [1.807, 2.05) is 29.2 Å². The van der Waals surface area contributed by atoms with Gasteiger partial charge in [0.1, 0.15) is 0 Å². The molecule has 1 aromatic carbocycles. The summed E-state index contributed by atoms with van der Waals surface area (Å²) in [6.45, 7) is 4.06. The minimum atomic E-state index is 0.0313. The van der Waals surface area contributed by atoms with Gasteiger partial charge in [-0.25, -0.2) is 0 Å². The number of carbonyl (C=O) groups is 2. The van der Waals surface area contributed by atoms with Crippen LogP contribution in [0.15, 0.2) is 28.7 Å². The molecule has 1 saturated heterocycles. The van der Waals surface area contributed by atoms with Crippen molar-refractivity contribution in [3.05, 3.63) is 28.7 Å². The van der Waals surface area contributed by atoms with Gasteiger partial charge in [0, 0.05) is 55.2 Å². The first-order valence-electron chi connectivity index (χ1n) is 8.18. The number of carbonyl (C=O) groups excluding carboxylic acids is 2. The highest BCUT2D eigenvalue weighted by Gasteiger charge is 2.34. The van der Waals surface area contributed by atoms with Gasteiger partial charge in [0.2, 0.25) is 11.8 Å². The van der Waals surface area contributed by atoms with E-state index in [2.05, 4.69) is 26.1 Å². The van der Waals surface area contributed by atoms with Crippen LogP contribution in [0.2, 0.25) is 0 Å². The van der Waals surface area contributed by atoms with Crippen molar-refractivity contribution in [2.75, 3.05) is 38.0 Å². The number of benzene rings is 1. The third-order valence-corrected chi connectivity index (χ3v) is 4.92. The van der Waals surface area contributed by atoms with Crippen LogP contribution < -0.4 is 5.32 Å². The van der Waals surface area contributed by atoms with Crippen molar-refractivity contribution < 1.29 is 9.59 Å². The Morgan fingerprint density at radius 1 is 1.09 bits per heavy atom. The van der Waals surface area contributed by atoms with Gasteiger partial charge in [-0.2, -0.15) is 0 Å². The van der Waals surface area contributed by atoms with Crippen LogP contribution >= 0.6 is 15.9 Å². The summed E-state index contributed by atoms with van der Waals surface area (Å²) in [5, 5.41) is 2.91. The Bertz CT molecular complexity index is 564. The number of amides is 2. The Hall–Kier alpha value is -1.40. The van der Waals surface area contributed by atoms with Crippen LogP contribution in [-0.4, -0.2) is 54.3 Å². The first-order valence-corrected chi connectivity index (χ1v) is 8.98. The number of rotatable bonds is 5. The van der Waals surface area contributed by atoms with E-state index in [0.717, 1.165) is 55.7 Å². The van der Waals surface area contributed by atoms with Gasteiger partial charge in [0.25, 0.3) is 0 Å². The lowest BCUT2D eigenvalue weighted by Gasteiger charge is -2.34. The van der Waals surface area contributed by atoms with Gasteiger partial charge >= 0.3 is 0 Å². The van der Waals surface area contributed by atoms with Crippen LogP contribution in [0, 0.1) is 5.92 Å². The van der Waals surface area contributed by atoms with Crippen LogP contribution in [0.25, 0.3) is 0 Å². The normalized spacial score (nSPS) is 18.7. The molecule has 2 aliphatic rings. The van der Waals surface area contributed by atoms with E-state index in [9.17, 15) is 9.59 Å². The molecule has 124 valence electrons. The highest BCUT2D eigenvalue weighted by molar-refractivity contribution is 9.10. The van der Waals surface area contributed by atoms with Crippen molar-refractivity contribution >= 4 is 33.4 Å². The van der Waals surface area contributed by atoms with Crippen molar-refractivity contribution in [2.45, 2.75) is 19.3 Å². The molecule has 1 aliphatic carbocycles. The van der Waals surface area contributed by atoms with Crippen LogP contribution in [-0.2, 0) is 9.59 Å². The van der Waals surface area contributed by atoms with Gasteiger partial charge in [-0.05, 0) is 37.1 Å². The van der Waals surface area contributed by atoms with Crippen LogP contribution in [0.1, 0.15) is 19.3 Å². The fourth-order valence-electron chi connectivity index (χ4n) is 2.80. The van der Waals surface area contributed by atoms with E-state index in [0.29, 0.717) is 18.2 Å². The van der Waals surface area contributed by atoms with Crippen molar-refractivity contribution in [3.8, 4) is 0 Å². The summed E-state index contributed by atoms with van der Waals surface area (Å²) in [6, 6.07) is 7.58. The van der Waals surface area contributed by atoms with Crippen LogP contribution in [0.3, 0.4) is 0 Å². The van der Waals surface area contributed by atoms with Gasteiger partial charge in [0.15, 0.2) is 0 Å². The summed E-state index contributed by atoms with van der Waals surface area (Å²) in [6.07, 6.45) is 2.61. The third kappa shape index (κ3) is 4.78. The Morgan fingerprint density at radius 3 is 2.35 bits per heavy atom. The van der Waals surface area contributed by atoms with E-state index in [1.165, 1.54) is 0 Å². The molecule has 1 saturated carbocycles. The summed E-state index contributed by atoms with van der Waals surface area (Å²) < 4.78 is 0.995. The summed E-state index contributed by atoms with van der Waals surface area (Å²) >= 11 is 3.37. The fraction of sp³-hybridized carbons (Fsp3) is 0.529. The Labute approximate surface area is 145 Å². The Kier molecular flexibility index (Phi) is 5.33. The SMILES string of the molecule is O=C(CCN1CCN(C(=O)C2CC2)CC1)Nc1ccc(Br)cc1. The molecular weight excluding hydrogens is 358 g/mol. The monoisotopic (exact) mass is 379 g/mol. The summed E-state index contributed by atoms with van der Waals surface area (Å²) in [4.78, 5) is 28.2. The predicted molar refractivity (Wildman–Crippen MR) is 93.1 cm³/mol. The minimum absolute atomic E-state index is 0.0313. The maximum atomic E-state index is 12.0. The standard InChI is InChI=1S/C17H22BrN3O2/c18-14-3-5-15(6-4-14)19-16(22)7-8-20-9-11-21(12-10-20)17(23)13-1-2-13/h3-6,13H,1-2,7-12H2,(H,19,22). The molecule has 1 heterocycles. The predicted octanol–water partition coefficient (Wildman–Crippen LogP) is 2.33. The molecule has 23 heavy (non-hydrogen) atoms. The molecule has 0 spiro atoms. The maximum absolute atomic E-state index is 12.0. The number of piperazine rings is 1. The molecule has 5 nitrogen and oxygen atoms in total. The molecule has 0 radical (unpaired) electrons. The van der Waals surface area contributed by atoms with Gasteiger partial charge in [-0.3, -0.25) is 14.5 Å². The molecule has 0 atom stereocenters. The zero-order chi connectivity index (χ0) is 16.2. The Balaban J connectivity index is 1.36. The van der Waals surface area contributed by atoms with E-state index < -0.39 is 0 Å². The number of hydrogen-bond acceptors (Lipinski definition) is 3. The summed E-state index contributed by atoms with van der Waals surface area (Å²) in [5.74, 6) is 0.666. The average molecular weight is 380 g/mol. The molecule has 3 rings (SSSR count). The molecule has 1 aromatic rings. The molecule has 0 aromatic heterocycles. The van der Waals surface area contributed by atoms with Gasteiger partial charge < -0.3 is 10.2 Å². The second kappa shape index (κ2) is 7.45. The number of nitrogens with zero attached hydrogens (tertiary/aromatic N) is 2. The van der Waals surface area contributed by atoms with Gasteiger partial charge in [-0.1, -0.05) is 15.9 Å². The lowest BCUT2D eigenvalue weighted by Crippen LogP contribution is -2.49. The van der Waals surface area contributed by atoms with Crippen LogP contribution in [0.5, 0.6) is 0 Å². The molecule has 6 heteroatoms. The van der Waals surface area contributed by atoms with E-state index in [-0.39, 0.29) is 5.91 Å². The smallest absolute Gasteiger partial charge is 0.225 e. The third-order valence-electron chi connectivity index (χ3n) is 4.39. The van der Waals surface area contributed by atoms with E-state index in [4.69, 9.17) is 0 Å². The maximum Gasteiger partial charge on any atom is 0.225 e. The molecule has 0 bridgehead atoms. The highest BCUT2D eigenvalue weighted by Crippen LogP contribution is 2.31. The van der Waals surface area contributed by atoms with E-state index >= 15 is 0 Å². The lowest BCUT2D eigenvalue weighted by molar-refractivity contribution is -0.134. The quantitative estimate of drug-likeness (QED) is 0.853. The molecule has 0 unspecified atom stereocenters. The van der Waals surface area contributed by atoms with Crippen molar-refractivity contribution in [1.82, 2.24) is 9.80 Å². The van der Waals surface area contributed by atoms with Crippen LogP contribution in [0.4, 0.5) is 5.69 Å². The second-order valence-corrected chi connectivity index (χ2v) is 7.16. The average Bonchev–Trinajstić information content (AvgIpc) is 3.40. The topological polar surface area (TPSA) is 52.7 Å². The first-order chi connectivity index (χ1) is 11.1. The Morgan fingerprint density at radius 2 is 1.74 bits per heavy atom. The zero-order valence-electron chi connectivity index (χ0n) is 13.1. The summed E-state index contributed by atoms with van der Waals surface area (Å²) in [7, 11) is 0. The number of nitrogens with one attached hydrogen (secondary N) is 1. The number of anilines is 1. The van der Waals surface area contributed by atoms with Crippen molar-refractivity contribution in [1.29, 1.82) is 0 Å². The molecular formula is C17H22BrN3O2. The molecule has 2 fully saturated rings. The summed E-state index contributed by atoms with van der Waals surface area (Å²) in [5.41, 5.74) is 0.818. The van der Waals surface area contributed by atoms with Gasteiger partial charge in [0.05, 0.1) is 0 Å². The number of hydrogen-bond donors (Lipinski definition) is 1. The van der Waals surface area contributed by atoms with E-state index in [1.54, 1.807) is 0 Å². The molecule has 2 amide bonds. The fourth-order valence-corrected chi connectivity index (χ4v) is 3.06. The minimum Gasteiger partial charge on any atom is -0.340 e. The zero-order valence-corrected chi connectivity index (χ0v) is 14.7. The first kappa shape index (κ1) is 16.5.